The lowest BCUT2D eigenvalue weighted by Gasteiger charge is -2.26. The SMILES string of the molecule is N#Cc1ccc(N(c2ccccc2)c2ccc3c(c2)c2cc(N(c4ccccc4)c4ccc(C#N)cc4)ccc2n3-c2ccc(-c3ccc(-c4ccc(-c5cc(-c6ccccc6)nc(-c6ccccc6)n5)cc4)cc3)cc2)cc1. The first-order valence-corrected chi connectivity index (χ1v) is 26.2. The molecule has 7 nitrogen and oxygen atoms in total. The fraction of sp³-hybridized carbons (Fsp3) is 0. The summed E-state index contributed by atoms with van der Waals surface area (Å²) in [7, 11) is 0. The molecule has 79 heavy (non-hydrogen) atoms. The van der Waals surface area contributed by atoms with E-state index >= 15 is 0 Å². The predicted octanol–water partition coefficient (Wildman–Crippen LogP) is 18.6. The maximum absolute atomic E-state index is 9.68. The van der Waals surface area contributed by atoms with Crippen molar-refractivity contribution in [2.45, 2.75) is 0 Å². The molecular weight excluding hydrogens is 963 g/mol. The van der Waals surface area contributed by atoms with Crippen LogP contribution in [0, 0.1) is 22.7 Å². The number of rotatable bonds is 12. The monoisotopic (exact) mass is 1010 g/mol. The van der Waals surface area contributed by atoms with Crippen LogP contribution in [0.4, 0.5) is 34.1 Å². The molecule has 0 unspecified atom stereocenters. The second kappa shape index (κ2) is 20.9. The lowest BCUT2D eigenvalue weighted by atomic mass is 9.98. The van der Waals surface area contributed by atoms with Crippen LogP contribution in [0.5, 0.6) is 0 Å². The second-order valence-electron chi connectivity index (χ2n) is 19.3. The van der Waals surface area contributed by atoms with E-state index in [2.05, 4.69) is 190 Å². The normalized spacial score (nSPS) is 11.0. The highest BCUT2D eigenvalue weighted by atomic mass is 15.1. The van der Waals surface area contributed by atoms with Crippen molar-refractivity contribution < 1.29 is 0 Å². The summed E-state index contributed by atoms with van der Waals surface area (Å²) in [4.78, 5) is 14.5. The third-order valence-electron chi connectivity index (χ3n) is 14.5. The van der Waals surface area contributed by atoms with Gasteiger partial charge in [0.2, 0.25) is 0 Å². The van der Waals surface area contributed by atoms with Gasteiger partial charge in [0.15, 0.2) is 5.82 Å². The van der Waals surface area contributed by atoms with E-state index < -0.39 is 0 Å². The average Bonchev–Trinajstić information content (AvgIpc) is 3.89. The van der Waals surface area contributed by atoms with Gasteiger partial charge in [-0.3, -0.25) is 0 Å². The summed E-state index contributed by atoms with van der Waals surface area (Å²) in [6.45, 7) is 0. The molecule has 11 aromatic carbocycles. The van der Waals surface area contributed by atoms with E-state index in [-0.39, 0.29) is 0 Å². The molecule has 0 saturated carbocycles. The molecule has 7 heteroatoms. The minimum atomic E-state index is 0.606. The highest BCUT2D eigenvalue weighted by molar-refractivity contribution is 6.12. The summed E-state index contributed by atoms with van der Waals surface area (Å²) in [6.07, 6.45) is 0. The zero-order valence-electron chi connectivity index (χ0n) is 42.8. The Balaban J connectivity index is 0.856. The lowest BCUT2D eigenvalue weighted by molar-refractivity contribution is 1.18. The Morgan fingerprint density at radius 2 is 0.620 bits per heavy atom. The van der Waals surface area contributed by atoms with Gasteiger partial charge in [-0.2, -0.15) is 10.5 Å². The van der Waals surface area contributed by atoms with Crippen molar-refractivity contribution in [1.29, 1.82) is 10.5 Å². The molecule has 0 aliphatic carbocycles. The number of nitriles is 2. The van der Waals surface area contributed by atoms with Gasteiger partial charge in [-0.1, -0.05) is 158 Å². The summed E-state index contributed by atoms with van der Waals surface area (Å²) >= 11 is 0. The van der Waals surface area contributed by atoms with E-state index in [1.807, 2.05) is 121 Å². The standard InChI is InChI=1S/C72H47N7/c73-48-50-21-35-61(36-22-50)77(59-17-9-3-10-18-59)64-41-43-70-66(45-64)67-46-65(78(60-19-11-4-12-20-60)62-37-23-51(49-74)24-38-62)42-44-71(67)79(70)63-39-33-55(34-40-63)53-27-25-52(26-28-53)54-29-31-57(32-30-54)69-47-68(56-13-5-1-6-14-56)75-72(76-69)58-15-7-2-8-16-58/h1-47H. The number of benzene rings is 11. The molecule has 0 spiro atoms. The van der Waals surface area contributed by atoms with Gasteiger partial charge in [-0.25, -0.2) is 9.97 Å². The van der Waals surface area contributed by atoms with E-state index in [0.29, 0.717) is 17.0 Å². The molecule has 2 heterocycles. The van der Waals surface area contributed by atoms with Crippen molar-refractivity contribution in [3.8, 4) is 74.0 Å². The van der Waals surface area contributed by atoms with Gasteiger partial charge in [0.05, 0.1) is 45.7 Å². The average molecular weight is 1010 g/mol. The largest absolute Gasteiger partial charge is 0.310 e. The molecule has 0 atom stereocenters. The van der Waals surface area contributed by atoms with Gasteiger partial charge >= 0.3 is 0 Å². The number of anilines is 6. The van der Waals surface area contributed by atoms with Crippen LogP contribution in [0.2, 0.25) is 0 Å². The molecule has 0 aliphatic heterocycles. The highest BCUT2D eigenvalue weighted by Crippen LogP contribution is 2.43. The van der Waals surface area contributed by atoms with Crippen LogP contribution in [-0.4, -0.2) is 14.5 Å². The number of para-hydroxylation sites is 2. The number of hydrogen-bond acceptors (Lipinski definition) is 6. The van der Waals surface area contributed by atoms with E-state index in [9.17, 15) is 10.5 Å². The Hall–Kier alpha value is -11.1. The Labute approximate surface area is 458 Å². The molecule has 0 N–H and O–H groups in total. The Kier molecular flexibility index (Phi) is 12.6. The zero-order chi connectivity index (χ0) is 53.1. The third kappa shape index (κ3) is 9.42. The molecule has 13 aromatic rings. The van der Waals surface area contributed by atoms with E-state index in [0.717, 1.165) is 112 Å². The van der Waals surface area contributed by atoms with Crippen molar-refractivity contribution in [2.75, 3.05) is 9.80 Å². The smallest absolute Gasteiger partial charge is 0.160 e. The van der Waals surface area contributed by atoms with Crippen LogP contribution in [0.3, 0.4) is 0 Å². The first-order chi connectivity index (χ1) is 39.0. The second-order valence-corrected chi connectivity index (χ2v) is 19.3. The van der Waals surface area contributed by atoms with Crippen LogP contribution in [-0.2, 0) is 0 Å². The maximum atomic E-state index is 9.68. The lowest BCUT2D eigenvalue weighted by Crippen LogP contribution is -2.10. The van der Waals surface area contributed by atoms with Crippen molar-refractivity contribution >= 4 is 55.9 Å². The maximum Gasteiger partial charge on any atom is 0.160 e. The number of aromatic nitrogens is 3. The van der Waals surface area contributed by atoms with Gasteiger partial charge in [-0.15, -0.1) is 0 Å². The number of hydrogen-bond donors (Lipinski definition) is 0. The Morgan fingerprint density at radius 3 is 1.03 bits per heavy atom. The molecule has 0 amide bonds. The zero-order valence-corrected chi connectivity index (χ0v) is 42.8. The van der Waals surface area contributed by atoms with E-state index in [1.54, 1.807) is 0 Å². The molecule has 2 aromatic heterocycles. The van der Waals surface area contributed by atoms with Crippen molar-refractivity contribution in [2.24, 2.45) is 0 Å². The summed E-state index contributed by atoms with van der Waals surface area (Å²) in [6, 6.07) is 103. The van der Waals surface area contributed by atoms with Crippen molar-refractivity contribution in [3.05, 3.63) is 296 Å². The molecule has 0 radical (unpaired) electrons. The highest BCUT2D eigenvalue weighted by Gasteiger charge is 2.21. The molecule has 0 bridgehead atoms. The first-order valence-electron chi connectivity index (χ1n) is 26.2. The quantitative estimate of drug-likeness (QED) is 0.121. The van der Waals surface area contributed by atoms with Crippen molar-refractivity contribution in [1.82, 2.24) is 14.5 Å². The fourth-order valence-corrected chi connectivity index (χ4v) is 10.5. The molecule has 370 valence electrons. The topological polar surface area (TPSA) is 84.8 Å². The number of nitrogens with zero attached hydrogens (tertiary/aromatic N) is 7. The van der Waals surface area contributed by atoms with Crippen LogP contribution < -0.4 is 9.80 Å². The van der Waals surface area contributed by atoms with Gasteiger partial charge in [0, 0.05) is 67.3 Å². The van der Waals surface area contributed by atoms with Crippen molar-refractivity contribution in [3.63, 3.8) is 0 Å². The van der Waals surface area contributed by atoms with Gasteiger partial charge in [0.25, 0.3) is 0 Å². The van der Waals surface area contributed by atoms with Crippen LogP contribution >= 0.6 is 0 Å². The van der Waals surface area contributed by atoms with Gasteiger partial charge in [-0.05, 0) is 150 Å². The van der Waals surface area contributed by atoms with Gasteiger partial charge < -0.3 is 14.4 Å². The van der Waals surface area contributed by atoms with Crippen LogP contribution in [0.25, 0.3) is 83.6 Å². The third-order valence-corrected chi connectivity index (χ3v) is 14.5. The minimum Gasteiger partial charge on any atom is -0.310 e. The van der Waals surface area contributed by atoms with Crippen LogP contribution in [0.1, 0.15) is 11.1 Å². The van der Waals surface area contributed by atoms with E-state index in [4.69, 9.17) is 9.97 Å². The fourth-order valence-electron chi connectivity index (χ4n) is 10.5. The molecule has 13 rings (SSSR count). The van der Waals surface area contributed by atoms with E-state index in [1.165, 1.54) is 0 Å². The van der Waals surface area contributed by atoms with Crippen LogP contribution in [0.15, 0.2) is 285 Å². The summed E-state index contributed by atoms with van der Waals surface area (Å²) in [5.41, 5.74) is 19.5. The number of fused-ring (bicyclic) bond motifs is 3. The Morgan fingerprint density at radius 1 is 0.291 bits per heavy atom. The minimum absolute atomic E-state index is 0.606. The molecule has 0 saturated heterocycles. The predicted molar refractivity (Wildman–Crippen MR) is 322 cm³/mol. The summed E-state index contributed by atoms with van der Waals surface area (Å²) in [5, 5.41) is 21.5. The first kappa shape index (κ1) is 47.6. The molecule has 0 fully saturated rings. The molecular formula is C72H47N7. The Bertz CT molecular complexity index is 4160. The van der Waals surface area contributed by atoms with Gasteiger partial charge in [0.1, 0.15) is 0 Å². The summed E-state index contributed by atoms with van der Waals surface area (Å²) in [5.74, 6) is 0.697. The summed E-state index contributed by atoms with van der Waals surface area (Å²) < 4.78 is 2.35. The molecule has 0 aliphatic rings.